The van der Waals surface area contributed by atoms with Crippen molar-refractivity contribution in [2.24, 2.45) is 5.14 Å². The molecule has 1 amide bonds. The Hall–Kier alpha value is -4.09. The van der Waals surface area contributed by atoms with Gasteiger partial charge in [0, 0.05) is 74.0 Å². The fraction of sp³-hybridized carbons (Fsp3) is 0.200. The number of amides is 1. The molecule has 3 aromatic rings. The first-order valence-corrected chi connectivity index (χ1v) is 12.4. The summed E-state index contributed by atoms with van der Waals surface area (Å²) in [6, 6.07) is 14.3. The maximum absolute atomic E-state index is 13.6. The van der Waals surface area contributed by atoms with Gasteiger partial charge in [-0.3, -0.25) is 4.79 Å². The molecular weight excluding hydrogens is 484 g/mol. The Labute approximate surface area is 208 Å². The van der Waals surface area contributed by atoms with Gasteiger partial charge in [0.05, 0.1) is 5.56 Å². The predicted octanol–water partition coefficient (Wildman–Crippen LogP) is 2.57. The molecule has 2 aliphatic heterocycles. The number of anilines is 2. The molecule has 3 N–H and O–H groups in total. The van der Waals surface area contributed by atoms with Gasteiger partial charge >= 0.3 is 16.2 Å². The molecule has 0 unspecified atom stereocenters. The zero-order valence-corrected chi connectivity index (χ0v) is 20.8. The number of fused-ring (bicyclic) bond motifs is 6. The number of nitrogens with two attached hydrogens (primary N) is 1. The molecule has 2 aliphatic rings. The molecule has 36 heavy (non-hydrogen) atoms. The minimum Gasteiger partial charge on any atom is -0.478 e. The van der Waals surface area contributed by atoms with Crippen molar-refractivity contribution in [1.82, 2.24) is 4.31 Å². The Morgan fingerprint density at radius 3 is 1.86 bits per heavy atom. The molecule has 0 bridgehead atoms. The third kappa shape index (κ3) is 3.16. The molecule has 0 aliphatic carbocycles. The van der Waals surface area contributed by atoms with E-state index in [4.69, 9.17) is 9.88 Å². The highest BCUT2D eigenvalue weighted by atomic mass is 32.2. The maximum atomic E-state index is 13.6. The van der Waals surface area contributed by atoms with E-state index < -0.39 is 27.6 Å². The van der Waals surface area contributed by atoms with Gasteiger partial charge in [-0.25, -0.2) is 14.2 Å². The summed E-state index contributed by atoms with van der Waals surface area (Å²) in [5.41, 5.74) is 0.627. The molecule has 0 saturated heterocycles. The van der Waals surface area contributed by atoms with Crippen molar-refractivity contribution < 1.29 is 27.9 Å². The van der Waals surface area contributed by atoms with Crippen LogP contribution in [0.4, 0.5) is 11.4 Å². The van der Waals surface area contributed by atoms with Crippen LogP contribution in [0.25, 0.3) is 0 Å². The van der Waals surface area contributed by atoms with Gasteiger partial charge < -0.3 is 19.6 Å². The number of nitrogens with zero attached hydrogens (tertiary/aromatic N) is 3. The second-order valence-electron chi connectivity index (χ2n) is 9.14. The van der Waals surface area contributed by atoms with Gasteiger partial charge in [0.25, 0.3) is 5.91 Å². The number of carboxylic acids is 1. The van der Waals surface area contributed by atoms with E-state index in [1.165, 1.54) is 18.2 Å². The van der Waals surface area contributed by atoms with Gasteiger partial charge in [-0.05, 0) is 30.3 Å². The summed E-state index contributed by atoms with van der Waals surface area (Å²) in [7, 11) is 2.76. The first-order valence-electron chi connectivity index (χ1n) is 10.9. The zero-order valence-electron chi connectivity index (χ0n) is 20.0. The van der Waals surface area contributed by atoms with Gasteiger partial charge in [0.2, 0.25) is 0 Å². The normalized spacial score (nSPS) is 15.1. The van der Waals surface area contributed by atoms with Crippen molar-refractivity contribution in [3.8, 4) is 11.5 Å². The lowest BCUT2D eigenvalue weighted by Crippen LogP contribution is -2.52. The van der Waals surface area contributed by atoms with Gasteiger partial charge in [0.15, 0.2) is 0 Å². The van der Waals surface area contributed by atoms with Crippen molar-refractivity contribution in [2.45, 2.75) is 5.54 Å². The predicted molar refractivity (Wildman–Crippen MR) is 134 cm³/mol. The molecule has 1 spiro atoms. The quantitative estimate of drug-likeness (QED) is 0.549. The molecule has 11 heteroatoms. The fourth-order valence-electron chi connectivity index (χ4n) is 4.96. The van der Waals surface area contributed by atoms with Crippen LogP contribution in [0.15, 0.2) is 54.6 Å². The number of hydrogen-bond donors (Lipinski definition) is 2. The van der Waals surface area contributed by atoms with E-state index in [2.05, 4.69) is 0 Å². The van der Waals surface area contributed by atoms with Crippen molar-refractivity contribution in [2.75, 3.05) is 38.0 Å². The zero-order chi connectivity index (χ0) is 26.2. The summed E-state index contributed by atoms with van der Waals surface area (Å²) in [6.45, 7) is 0. The molecule has 0 radical (unpaired) electrons. The van der Waals surface area contributed by atoms with Gasteiger partial charge in [-0.1, -0.05) is 12.1 Å². The summed E-state index contributed by atoms with van der Waals surface area (Å²) in [5.74, 6) is -1.43. The monoisotopic (exact) mass is 508 g/mol. The van der Waals surface area contributed by atoms with Crippen LogP contribution in [0, 0.1) is 0 Å². The number of carbonyl (C=O) groups excluding carboxylic acids is 1. The fourth-order valence-corrected chi connectivity index (χ4v) is 5.96. The van der Waals surface area contributed by atoms with Crippen LogP contribution in [-0.2, 0) is 15.7 Å². The molecule has 186 valence electrons. The van der Waals surface area contributed by atoms with E-state index in [1.54, 1.807) is 36.4 Å². The van der Waals surface area contributed by atoms with Crippen LogP contribution in [-0.4, -0.2) is 57.9 Å². The Morgan fingerprint density at radius 2 is 1.42 bits per heavy atom. The molecular formula is C25H24N4O6S. The molecule has 3 aromatic carbocycles. The summed E-state index contributed by atoms with van der Waals surface area (Å²) >= 11 is 0. The number of carboxylic acid groups (broad SMARTS) is 1. The molecule has 0 aromatic heterocycles. The number of ether oxygens (including phenoxy) is 1. The SMILES string of the molecule is CN(C)c1ccc2c(c1)Oc1cc(N(C)C)ccc1C21c2cc(C(=O)O)ccc2C(=O)N1S(N)(=O)=O. The average Bonchev–Trinajstić information content (AvgIpc) is 3.07. The molecule has 2 heterocycles. The highest BCUT2D eigenvalue weighted by Crippen LogP contribution is 2.58. The molecule has 0 saturated carbocycles. The summed E-state index contributed by atoms with van der Waals surface area (Å²) in [4.78, 5) is 29.2. The highest BCUT2D eigenvalue weighted by Gasteiger charge is 2.60. The van der Waals surface area contributed by atoms with Crippen LogP contribution in [0.3, 0.4) is 0 Å². The third-order valence-corrected chi connectivity index (χ3v) is 7.54. The van der Waals surface area contributed by atoms with Gasteiger partial charge in [-0.15, -0.1) is 0 Å². The highest BCUT2D eigenvalue weighted by molar-refractivity contribution is 7.87. The van der Waals surface area contributed by atoms with Crippen LogP contribution < -0.4 is 19.7 Å². The lowest BCUT2D eigenvalue weighted by Gasteiger charge is -2.43. The Morgan fingerprint density at radius 1 is 0.889 bits per heavy atom. The van der Waals surface area contributed by atoms with Crippen molar-refractivity contribution in [3.05, 3.63) is 82.4 Å². The largest absolute Gasteiger partial charge is 0.478 e. The molecule has 0 fully saturated rings. The summed E-state index contributed by atoms with van der Waals surface area (Å²) in [5, 5.41) is 15.4. The Balaban J connectivity index is 1.98. The second-order valence-corrected chi connectivity index (χ2v) is 10.5. The van der Waals surface area contributed by atoms with E-state index in [-0.39, 0.29) is 16.7 Å². The topological polar surface area (TPSA) is 133 Å². The third-order valence-electron chi connectivity index (χ3n) is 6.59. The number of benzene rings is 3. The lowest BCUT2D eigenvalue weighted by molar-refractivity contribution is 0.0696. The number of hydrogen-bond acceptors (Lipinski definition) is 7. The van der Waals surface area contributed by atoms with Gasteiger partial charge in [0.1, 0.15) is 17.0 Å². The molecule has 0 atom stereocenters. The smallest absolute Gasteiger partial charge is 0.335 e. The first-order chi connectivity index (χ1) is 16.9. The number of rotatable bonds is 4. The summed E-state index contributed by atoms with van der Waals surface area (Å²) in [6.07, 6.45) is 0. The van der Waals surface area contributed by atoms with E-state index >= 15 is 0 Å². The van der Waals surface area contributed by atoms with E-state index in [1.807, 2.05) is 38.0 Å². The molecule has 10 nitrogen and oxygen atoms in total. The minimum atomic E-state index is -4.64. The average molecular weight is 509 g/mol. The van der Waals surface area contributed by atoms with Crippen molar-refractivity contribution in [3.63, 3.8) is 0 Å². The van der Waals surface area contributed by atoms with Crippen LogP contribution in [0.5, 0.6) is 11.5 Å². The molecule has 5 rings (SSSR count). The second kappa shape index (κ2) is 7.70. The Kier molecular flexibility index (Phi) is 5.06. The van der Waals surface area contributed by atoms with Gasteiger partial charge in [-0.2, -0.15) is 8.42 Å². The maximum Gasteiger partial charge on any atom is 0.335 e. The Bertz CT molecular complexity index is 1510. The standard InChI is InChI=1S/C25H24N4O6S/c1-27(2)15-6-9-18-21(12-15)35-22-13-16(28(3)4)7-10-19(22)25(18)20-11-14(24(31)32)5-8-17(20)23(30)29(25)36(26,33)34/h5-13H,1-4H3,(H,31,32)(H2,26,33,34). The summed E-state index contributed by atoms with van der Waals surface area (Å²) < 4.78 is 33.1. The first kappa shape index (κ1) is 23.6. The van der Waals surface area contributed by atoms with E-state index in [9.17, 15) is 23.1 Å². The van der Waals surface area contributed by atoms with Crippen molar-refractivity contribution >= 4 is 33.5 Å². The van der Waals surface area contributed by atoms with Crippen LogP contribution in [0.2, 0.25) is 0 Å². The number of carbonyl (C=O) groups is 2. The van der Waals surface area contributed by atoms with Crippen LogP contribution >= 0.6 is 0 Å². The van der Waals surface area contributed by atoms with Crippen molar-refractivity contribution in [1.29, 1.82) is 0 Å². The van der Waals surface area contributed by atoms with Crippen LogP contribution in [0.1, 0.15) is 37.4 Å². The lowest BCUT2D eigenvalue weighted by atomic mass is 9.75. The minimum absolute atomic E-state index is 0.0428. The van der Waals surface area contributed by atoms with E-state index in [0.717, 1.165) is 11.4 Å². The van der Waals surface area contributed by atoms with E-state index in [0.29, 0.717) is 26.9 Å². The number of aromatic carboxylic acids is 1.